The monoisotopic (exact) mass is 234 g/mol. The molecule has 0 spiro atoms. The Balaban J connectivity index is 2.67. The summed E-state index contributed by atoms with van der Waals surface area (Å²) in [6.45, 7) is 5.58. The van der Waals surface area contributed by atoms with Gasteiger partial charge in [-0.25, -0.2) is 0 Å². The van der Waals surface area contributed by atoms with E-state index < -0.39 is 0 Å². The molecule has 0 aliphatic heterocycles. The first-order valence-electron chi connectivity index (χ1n) is 6.09. The first-order valence-corrected chi connectivity index (χ1v) is 6.09. The number of amides is 1. The normalized spacial score (nSPS) is 10.6. The lowest BCUT2D eigenvalue weighted by molar-refractivity contribution is 0.0789. The maximum absolute atomic E-state index is 12.1. The smallest absolute Gasteiger partial charge is 0.253 e. The van der Waals surface area contributed by atoms with Crippen molar-refractivity contribution in [2.75, 3.05) is 13.6 Å². The molecule has 17 heavy (non-hydrogen) atoms. The van der Waals surface area contributed by atoms with Gasteiger partial charge in [0.05, 0.1) is 0 Å². The van der Waals surface area contributed by atoms with Crippen LogP contribution in [0.4, 0.5) is 0 Å². The van der Waals surface area contributed by atoms with Crippen molar-refractivity contribution in [3.8, 4) is 0 Å². The highest BCUT2D eigenvalue weighted by Crippen LogP contribution is 2.09. The van der Waals surface area contributed by atoms with Gasteiger partial charge >= 0.3 is 0 Å². The zero-order valence-electron chi connectivity index (χ0n) is 10.9. The molecule has 0 heterocycles. The summed E-state index contributed by atoms with van der Waals surface area (Å²) in [6, 6.07) is 7.53. The van der Waals surface area contributed by atoms with Crippen molar-refractivity contribution in [3.63, 3.8) is 0 Å². The molecular weight excluding hydrogens is 212 g/mol. The second-order valence-corrected chi connectivity index (χ2v) is 4.81. The number of hydrogen-bond acceptors (Lipinski definition) is 2. The highest BCUT2D eigenvalue weighted by molar-refractivity contribution is 5.94. The van der Waals surface area contributed by atoms with Gasteiger partial charge in [-0.15, -0.1) is 0 Å². The third-order valence-corrected chi connectivity index (χ3v) is 2.80. The van der Waals surface area contributed by atoms with Crippen LogP contribution >= 0.6 is 0 Å². The second-order valence-electron chi connectivity index (χ2n) is 4.81. The van der Waals surface area contributed by atoms with Gasteiger partial charge in [-0.1, -0.05) is 26.0 Å². The highest BCUT2D eigenvalue weighted by Gasteiger charge is 2.11. The topological polar surface area (TPSA) is 46.3 Å². The van der Waals surface area contributed by atoms with Gasteiger partial charge in [0.1, 0.15) is 0 Å². The number of hydrogen-bond donors (Lipinski definition) is 1. The summed E-state index contributed by atoms with van der Waals surface area (Å²) in [5.41, 5.74) is 7.28. The van der Waals surface area contributed by atoms with Crippen LogP contribution < -0.4 is 5.73 Å². The minimum atomic E-state index is 0.0703. The fourth-order valence-corrected chi connectivity index (χ4v) is 1.61. The van der Waals surface area contributed by atoms with Crippen LogP contribution in [0.15, 0.2) is 24.3 Å². The minimum absolute atomic E-state index is 0.0703. The van der Waals surface area contributed by atoms with E-state index >= 15 is 0 Å². The van der Waals surface area contributed by atoms with Crippen molar-refractivity contribution < 1.29 is 4.79 Å². The number of carbonyl (C=O) groups excluding carboxylic acids is 1. The van der Waals surface area contributed by atoms with Gasteiger partial charge < -0.3 is 10.6 Å². The summed E-state index contributed by atoms with van der Waals surface area (Å²) in [7, 11) is 1.85. The van der Waals surface area contributed by atoms with Crippen molar-refractivity contribution in [1.82, 2.24) is 4.90 Å². The number of carbonyl (C=O) groups is 1. The maximum Gasteiger partial charge on any atom is 0.253 e. The summed E-state index contributed by atoms with van der Waals surface area (Å²) >= 11 is 0. The number of rotatable bonds is 5. The molecule has 3 heteroatoms. The summed E-state index contributed by atoms with van der Waals surface area (Å²) in [5, 5.41) is 0. The lowest BCUT2D eigenvalue weighted by Gasteiger charge is -2.18. The summed E-state index contributed by atoms with van der Waals surface area (Å²) in [4.78, 5) is 13.9. The molecule has 0 atom stereocenters. The Bertz CT molecular complexity index is 374. The molecule has 3 nitrogen and oxygen atoms in total. The molecule has 0 aromatic heterocycles. The summed E-state index contributed by atoms with van der Waals surface area (Å²) in [5.74, 6) is 0.682. The molecule has 0 bridgehead atoms. The number of nitrogens with zero attached hydrogens (tertiary/aromatic N) is 1. The average Bonchev–Trinajstić information content (AvgIpc) is 2.35. The Morgan fingerprint density at radius 3 is 2.71 bits per heavy atom. The van der Waals surface area contributed by atoms with Crippen LogP contribution in [0.3, 0.4) is 0 Å². The number of benzene rings is 1. The second kappa shape index (κ2) is 6.40. The fraction of sp³-hybridized carbons (Fsp3) is 0.500. The Kier molecular flexibility index (Phi) is 5.16. The van der Waals surface area contributed by atoms with E-state index in [1.807, 2.05) is 31.3 Å². The van der Waals surface area contributed by atoms with Gasteiger partial charge in [-0.2, -0.15) is 0 Å². The zero-order chi connectivity index (χ0) is 12.8. The third-order valence-electron chi connectivity index (χ3n) is 2.80. The molecule has 0 radical (unpaired) electrons. The lowest BCUT2D eigenvalue weighted by atomic mass is 10.1. The van der Waals surface area contributed by atoms with Crippen LogP contribution in [-0.2, 0) is 6.54 Å². The van der Waals surface area contributed by atoms with E-state index in [4.69, 9.17) is 5.73 Å². The molecule has 1 aromatic carbocycles. The van der Waals surface area contributed by atoms with E-state index in [0.29, 0.717) is 12.5 Å². The molecular formula is C14H22N2O. The Labute approximate surface area is 104 Å². The zero-order valence-corrected chi connectivity index (χ0v) is 10.9. The first kappa shape index (κ1) is 13.7. The largest absolute Gasteiger partial charge is 0.342 e. The Morgan fingerprint density at radius 2 is 2.12 bits per heavy atom. The lowest BCUT2D eigenvalue weighted by Crippen LogP contribution is -2.28. The highest BCUT2D eigenvalue weighted by atomic mass is 16.2. The van der Waals surface area contributed by atoms with Crippen LogP contribution in [0.25, 0.3) is 0 Å². The van der Waals surface area contributed by atoms with Gasteiger partial charge in [0.25, 0.3) is 5.91 Å². The molecule has 0 unspecified atom stereocenters. The van der Waals surface area contributed by atoms with E-state index in [9.17, 15) is 4.79 Å². The van der Waals surface area contributed by atoms with Crippen molar-refractivity contribution in [2.45, 2.75) is 26.8 Å². The van der Waals surface area contributed by atoms with Crippen LogP contribution in [0.1, 0.15) is 36.2 Å². The number of nitrogens with two attached hydrogens (primary N) is 1. The Morgan fingerprint density at radius 1 is 1.41 bits per heavy atom. The predicted octanol–water partition coefficient (Wildman–Crippen LogP) is 2.26. The molecule has 0 fully saturated rings. The van der Waals surface area contributed by atoms with Crippen molar-refractivity contribution in [3.05, 3.63) is 35.4 Å². The quantitative estimate of drug-likeness (QED) is 0.849. The predicted molar refractivity (Wildman–Crippen MR) is 70.7 cm³/mol. The molecule has 94 valence electrons. The van der Waals surface area contributed by atoms with Crippen LogP contribution in [0, 0.1) is 5.92 Å². The standard InChI is InChI=1S/C14H22N2O/c1-11(2)7-8-16(3)14(17)13-6-4-5-12(9-13)10-15/h4-6,9,11H,7-8,10,15H2,1-3H3. The van der Waals surface area contributed by atoms with E-state index in [1.54, 1.807) is 4.90 Å². The van der Waals surface area contributed by atoms with Crippen LogP contribution in [-0.4, -0.2) is 24.4 Å². The maximum atomic E-state index is 12.1. The fourth-order valence-electron chi connectivity index (χ4n) is 1.61. The average molecular weight is 234 g/mol. The van der Waals surface area contributed by atoms with Crippen molar-refractivity contribution >= 4 is 5.91 Å². The molecule has 1 amide bonds. The third kappa shape index (κ3) is 4.19. The van der Waals surface area contributed by atoms with Gasteiger partial charge in [0, 0.05) is 25.7 Å². The minimum Gasteiger partial charge on any atom is -0.342 e. The molecule has 1 aromatic rings. The van der Waals surface area contributed by atoms with Gasteiger partial charge in [-0.3, -0.25) is 4.79 Å². The SMILES string of the molecule is CC(C)CCN(C)C(=O)c1cccc(CN)c1. The van der Waals surface area contributed by atoms with Crippen LogP contribution in [0.5, 0.6) is 0 Å². The van der Waals surface area contributed by atoms with E-state index in [1.165, 1.54) is 0 Å². The van der Waals surface area contributed by atoms with Gasteiger partial charge in [-0.05, 0) is 30.0 Å². The van der Waals surface area contributed by atoms with E-state index in [-0.39, 0.29) is 5.91 Å². The molecule has 0 saturated heterocycles. The molecule has 0 aliphatic carbocycles. The summed E-state index contributed by atoms with van der Waals surface area (Å²) in [6.07, 6.45) is 1.03. The Hall–Kier alpha value is -1.35. The van der Waals surface area contributed by atoms with Crippen LogP contribution in [0.2, 0.25) is 0 Å². The van der Waals surface area contributed by atoms with Crippen molar-refractivity contribution in [2.24, 2.45) is 11.7 Å². The first-order chi connectivity index (χ1) is 8.04. The molecule has 0 aliphatic rings. The van der Waals surface area contributed by atoms with Crippen molar-refractivity contribution in [1.29, 1.82) is 0 Å². The van der Waals surface area contributed by atoms with Gasteiger partial charge in [0.2, 0.25) is 0 Å². The molecule has 2 N–H and O–H groups in total. The summed E-state index contributed by atoms with van der Waals surface area (Å²) < 4.78 is 0. The van der Waals surface area contributed by atoms with Gasteiger partial charge in [0.15, 0.2) is 0 Å². The molecule has 1 rings (SSSR count). The van der Waals surface area contributed by atoms with E-state index in [2.05, 4.69) is 13.8 Å². The van der Waals surface area contributed by atoms with E-state index in [0.717, 1.165) is 24.1 Å². The molecule has 0 saturated carbocycles.